The molecule has 5 heteroatoms. The Morgan fingerprint density at radius 2 is 2.18 bits per heavy atom. The number of nitrogens with two attached hydrogens (primary N) is 1. The van der Waals surface area contributed by atoms with Crippen LogP contribution >= 0.6 is 15.9 Å². The summed E-state index contributed by atoms with van der Waals surface area (Å²) in [6, 6.07) is 4.43. The van der Waals surface area contributed by atoms with Crippen molar-refractivity contribution in [3.8, 4) is 0 Å². The minimum Gasteiger partial charge on any atom is -0.382 e. The van der Waals surface area contributed by atoms with Crippen LogP contribution in [0.5, 0.6) is 0 Å². The van der Waals surface area contributed by atoms with E-state index in [1.54, 1.807) is 13.2 Å². The van der Waals surface area contributed by atoms with Crippen LogP contribution in [0.25, 0.3) is 0 Å². The molecule has 0 bridgehead atoms. The van der Waals surface area contributed by atoms with E-state index in [0.717, 1.165) is 10.0 Å². The summed E-state index contributed by atoms with van der Waals surface area (Å²) in [5.41, 5.74) is 6.75. The smallest absolute Gasteiger partial charge is 0.123 e. The highest BCUT2D eigenvalue weighted by Crippen LogP contribution is 2.19. The summed E-state index contributed by atoms with van der Waals surface area (Å²) in [6.45, 7) is 1.51. The summed E-state index contributed by atoms with van der Waals surface area (Å²) >= 11 is 3.37. The fraction of sp³-hybridized carbons (Fsp3) is 0.500. The van der Waals surface area contributed by atoms with Gasteiger partial charge in [0.1, 0.15) is 5.82 Å². The van der Waals surface area contributed by atoms with Gasteiger partial charge in [0.25, 0.3) is 0 Å². The van der Waals surface area contributed by atoms with Crippen LogP contribution in [0.3, 0.4) is 0 Å². The second kappa shape index (κ2) is 7.76. The fourth-order valence-corrected chi connectivity index (χ4v) is 1.83. The van der Waals surface area contributed by atoms with Crippen LogP contribution in [0.2, 0.25) is 0 Å². The largest absolute Gasteiger partial charge is 0.382 e. The van der Waals surface area contributed by atoms with E-state index in [9.17, 15) is 4.39 Å². The van der Waals surface area contributed by atoms with Gasteiger partial charge in [0, 0.05) is 17.6 Å². The van der Waals surface area contributed by atoms with Gasteiger partial charge < -0.3 is 15.2 Å². The molecular formula is C12H17BrFNO2. The van der Waals surface area contributed by atoms with E-state index in [0.29, 0.717) is 26.2 Å². The second-order valence-corrected chi connectivity index (χ2v) is 4.62. The highest BCUT2D eigenvalue weighted by atomic mass is 79.9. The number of halogens is 2. The maximum atomic E-state index is 13.0. The first-order valence-electron chi connectivity index (χ1n) is 5.39. The van der Waals surface area contributed by atoms with Crippen molar-refractivity contribution in [1.29, 1.82) is 0 Å². The molecule has 0 aliphatic carbocycles. The first-order chi connectivity index (χ1) is 8.13. The molecule has 17 heavy (non-hydrogen) atoms. The molecule has 1 rings (SSSR count). The average Bonchev–Trinajstić information content (AvgIpc) is 2.29. The SMILES string of the molecule is COCCOCC(N)Cc1cc(F)ccc1Br. The van der Waals surface area contributed by atoms with Gasteiger partial charge >= 0.3 is 0 Å². The molecule has 0 aromatic heterocycles. The molecule has 0 spiro atoms. The van der Waals surface area contributed by atoms with Gasteiger partial charge in [-0.3, -0.25) is 0 Å². The molecule has 0 heterocycles. The predicted molar refractivity (Wildman–Crippen MR) is 68.5 cm³/mol. The molecule has 96 valence electrons. The van der Waals surface area contributed by atoms with Gasteiger partial charge in [0.15, 0.2) is 0 Å². The Morgan fingerprint density at radius 3 is 2.88 bits per heavy atom. The lowest BCUT2D eigenvalue weighted by atomic mass is 10.1. The number of hydrogen-bond acceptors (Lipinski definition) is 3. The molecule has 0 saturated carbocycles. The molecule has 3 nitrogen and oxygen atoms in total. The van der Waals surface area contributed by atoms with Gasteiger partial charge in [-0.25, -0.2) is 4.39 Å². The molecule has 1 atom stereocenters. The van der Waals surface area contributed by atoms with Gasteiger partial charge in [-0.2, -0.15) is 0 Å². The van der Waals surface area contributed by atoms with Crippen LogP contribution in [0.1, 0.15) is 5.56 Å². The Morgan fingerprint density at radius 1 is 1.41 bits per heavy atom. The van der Waals surface area contributed by atoms with E-state index in [1.807, 2.05) is 0 Å². The van der Waals surface area contributed by atoms with Crippen molar-refractivity contribution in [1.82, 2.24) is 0 Å². The summed E-state index contributed by atoms with van der Waals surface area (Å²) in [5.74, 6) is -0.254. The quantitative estimate of drug-likeness (QED) is 0.785. The summed E-state index contributed by atoms with van der Waals surface area (Å²) in [5, 5.41) is 0. The van der Waals surface area contributed by atoms with Gasteiger partial charge in [0.05, 0.1) is 19.8 Å². The summed E-state index contributed by atoms with van der Waals surface area (Å²) < 4.78 is 24.1. The lowest BCUT2D eigenvalue weighted by Gasteiger charge is -2.13. The third-order valence-corrected chi connectivity index (χ3v) is 3.03. The standard InChI is InChI=1S/C12H17BrFNO2/c1-16-4-5-17-8-11(15)7-9-6-10(14)2-3-12(9)13/h2-3,6,11H,4-5,7-8,15H2,1H3. The van der Waals surface area contributed by atoms with E-state index in [2.05, 4.69) is 15.9 Å². The molecule has 0 aliphatic rings. The molecule has 0 radical (unpaired) electrons. The van der Waals surface area contributed by atoms with Crippen molar-refractivity contribution in [3.63, 3.8) is 0 Å². The highest BCUT2D eigenvalue weighted by molar-refractivity contribution is 9.10. The van der Waals surface area contributed by atoms with Crippen LogP contribution < -0.4 is 5.73 Å². The van der Waals surface area contributed by atoms with E-state index in [1.165, 1.54) is 12.1 Å². The normalized spacial score (nSPS) is 12.7. The van der Waals surface area contributed by atoms with Gasteiger partial charge in [-0.15, -0.1) is 0 Å². The first kappa shape index (κ1) is 14.6. The maximum absolute atomic E-state index is 13.0. The van der Waals surface area contributed by atoms with Crippen LogP contribution in [-0.4, -0.2) is 33.0 Å². The van der Waals surface area contributed by atoms with Crippen molar-refractivity contribution in [2.45, 2.75) is 12.5 Å². The predicted octanol–water partition coefficient (Wildman–Crippen LogP) is 2.12. The van der Waals surface area contributed by atoms with Crippen LogP contribution in [0.4, 0.5) is 4.39 Å². The third kappa shape index (κ3) is 5.59. The Hall–Kier alpha value is -0.490. The lowest BCUT2D eigenvalue weighted by molar-refractivity contribution is 0.0637. The van der Waals surface area contributed by atoms with E-state index >= 15 is 0 Å². The maximum Gasteiger partial charge on any atom is 0.123 e. The Balaban J connectivity index is 2.39. The zero-order valence-electron chi connectivity index (χ0n) is 9.79. The minimum atomic E-state index is -0.254. The second-order valence-electron chi connectivity index (χ2n) is 3.77. The summed E-state index contributed by atoms with van der Waals surface area (Å²) in [7, 11) is 1.62. The van der Waals surface area contributed by atoms with Crippen LogP contribution in [0.15, 0.2) is 22.7 Å². The molecule has 1 aromatic rings. The van der Waals surface area contributed by atoms with Crippen molar-refractivity contribution < 1.29 is 13.9 Å². The van der Waals surface area contributed by atoms with Crippen molar-refractivity contribution >= 4 is 15.9 Å². The topological polar surface area (TPSA) is 44.5 Å². The molecule has 1 unspecified atom stereocenters. The number of rotatable bonds is 7. The highest BCUT2D eigenvalue weighted by Gasteiger charge is 2.08. The zero-order chi connectivity index (χ0) is 12.7. The van der Waals surface area contributed by atoms with Crippen molar-refractivity contribution in [3.05, 3.63) is 34.1 Å². The number of methoxy groups -OCH3 is 1. The van der Waals surface area contributed by atoms with Gasteiger partial charge in [-0.05, 0) is 30.2 Å². The number of hydrogen-bond donors (Lipinski definition) is 1. The summed E-state index contributed by atoms with van der Waals surface area (Å²) in [6.07, 6.45) is 0.575. The lowest BCUT2D eigenvalue weighted by Crippen LogP contribution is -2.29. The van der Waals surface area contributed by atoms with Gasteiger partial charge in [-0.1, -0.05) is 15.9 Å². The molecule has 0 amide bonds. The Bertz CT molecular complexity index is 349. The molecule has 0 saturated heterocycles. The van der Waals surface area contributed by atoms with Crippen molar-refractivity contribution in [2.24, 2.45) is 5.73 Å². The van der Waals surface area contributed by atoms with E-state index in [4.69, 9.17) is 15.2 Å². The molecule has 0 aliphatic heterocycles. The Kier molecular flexibility index (Phi) is 6.65. The number of benzene rings is 1. The van der Waals surface area contributed by atoms with Crippen molar-refractivity contribution in [2.75, 3.05) is 26.9 Å². The molecular weight excluding hydrogens is 289 g/mol. The first-order valence-corrected chi connectivity index (χ1v) is 6.19. The van der Waals surface area contributed by atoms with Crippen LogP contribution in [-0.2, 0) is 15.9 Å². The average molecular weight is 306 g/mol. The fourth-order valence-electron chi connectivity index (χ4n) is 1.42. The molecule has 1 aromatic carbocycles. The third-order valence-electron chi connectivity index (χ3n) is 2.25. The number of ether oxygens (including phenoxy) is 2. The Labute approximate surface area is 109 Å². The zero-order valence-corrected chi connectivity index (χ0v) is 11.4. The summed E-state index contributed by atoms with van der Waals surface area (Å²) in [4.78, 5) is 0. The van der Waals surface area contributed by atoms with E-state index < -0.39 is 0 Å². The van der Waals surface area contributed by atoms with Gasteiger partial charge in [0.2, 0.25) is 0 Å². The van der Waals surface area contributed by atoms with Crippen LogP contribution in [0, 0.1) is 5.82 Å². The molecule has 2 N–H and O–H groups in total. The molecule has 0 fully saturated rings. The minimum absolute atomic E-state index is 0.148. The van der Waals surface area contributed by atoms with E-state index in [-0.39, 0.29) is 11.9 Å². The monoisotopic (exact) mass is 305 g/mol.